The summed E-state index contributed by atoms with van der Waals surface area (Å²) >= 11 is 0. The highest BCUT2D eigenvalue weighted by Gasteiger charge is 2.34. The maximum atomic E-state index is 13.0. The Balaban J connectivity index is 1.53. The van der Waals surface area contributed by atoms with Crippen LogP contribution in [0.3, 0.4) is 0 Å². The molecule has 1 saturated heterocycles. The molecule has 1 atom stereocenters. The lowest BCUT2D eigenvalue weighted by Crippen LogP contribution is -2.31. The third-order valence-corrected chi connectivity index (χ3v) is 6.74. The van der Waals surface area contributed by atoms with Gasteiger partial charge in [0.1, 0.15) is 17.4 Å². The second kappa shape index (κ2) is 7.33. The molecule has 28 heavy (non-hydrogen) atoms. The molecule has 3 aromatic rings. The van der Waals surface area contributed by atoms with Crippen molar-refractivity contribution >= 4 is 26.7 Å². The molecule has 0 radical (unpaired) electrons. The lowest BCUT2D eigenvalue weighted by molar-refractivity contribution is 0.101. The van der Waals surface area contributed by atoms with E-state index < -0.39 is 10.0 Å². The standard InChI is InChI=1S/C21H20N2O4S/c1-15(24)17-6-2-8-19(13-17)28(25,26)23-12-10-18(14-23)27-20-9-3-5-16-7-4-11-22-21(16)20/h2-9,11,13,18H,10,12,14H2,1H3/t18-/m1/s1. The van der Waals surface area contributed by atoms with Crippen LogP contribution in [0.5, 0.6) is 5.75 Å². The molecule has 0 saturated carbocycles. The highest BCUT2D eigenvalue weighted by molar-refractivity contribution is 7.89. The van der Waals surface area contributed by atoms with E-state index in [0.717, 1.165) is 10.9 Å². The summed E-state index contributed by atoms with van der Waals surface area (Å²) in [5.74, 6) is 0.490. The number of ether oxygens (including phenoxy) is 1. The SMILES string of the molecule is CC(=O)c1cccc(S(=O)(=O)N2CC[C@@H](Oc3cccc4cccnc34)C2)c1. The van der Waals surface area contributed by atoms with Crippen molar-refractivity contribution in [2.75, 3.05) is 13.1 Å². The van der Waals surface area contributed by atoms with E-state index in [1.807, 2.05) is 30.3 Å². The minimum atomic E-state index is -3.68. The van der Waals surface area contributed by atoms with Gasteiger partial charge in [-0.3, -0.25) is 9.78 Å². The van der Waals surface area contributed by atoms with Gasteiger partial charge >= 0.3 is 0 Å². The summed E-state index contributed by atoms with van der Waals surface area (Å²) in [5, 5.41) is 0.975. The van der Waals surface area contributed by atoms with E-state index in [9.17, 15) is 13.2 Å². The number of pyridine rings is 1. The summed E-state index contributed by atoms with van der Waals surface area (Å²) in [4.78, 5) is 16.1. The predicted molar refractivity (Wildman–Crippen MR) is 106 cm³/mol. The average Bonchev–Trinajstić information content (AvgIpc) is 3.18. The fourth-order valence-corrected chi connectivity index (χ4v) is 4.92. The highest BCUT2D eigenvalue weighted by atomic mass is 32.2. The smallest absolute Gasteiger partial charge is 0.243 e. The van der Waals surface area contributed by atoms with Gasteiger partial charge in [0.2, 0.25) is 10.0 Å². The van der Waals surface area contributed by atoms with Crippen molar-refractivity contribution in [1.82, 2.24) is 9.29 Å². The normalized spacial score (nSPS) is 17.7. The summed E-state index contributed by atoms with van der Waals surface area (Å²) in [6.45, 7) is 2.05. The van der Waals surface area contributed by atoms with Crippen LogP contribution in [0.4, 0.5) is 0 Å². The molecular weight excluding hydrogens is 376 g/mol. The minimum Gasteiger partial charge on any atom is -0.487 e. The lowest BCUT2D eigenvalue weighted by atomic mass is 10.2. The summed E-state index contributed by atoms with van der Waals surface area (Å²) in [6.07, 6.45) is 2.05. The molecule has 7 heteroatoms. The van der Waals surface area contributed by atoms with Crippen molar-refractivity contribution in [3.05, 3.63) is 66.4 Å². The molecule has 144 valence electrons. The van der Waals surface area contributed by atoms with Crippen molar-refractivity contribution in [2.24, 2.45) is 0 Å². The maximum Gasteiger partial charge on any atom is 0.243 e. The number of benzene rings is 2. The Morgan fingerprint density at radius 2 is 1.93 bits per heavy atom. The molecule has 0 bridgehead atoms. The molecule has 6 nitrogen and oxygen atoms in total. The zero-order chi connectivity index (χ0) is 19.7. The Morgan fingerprint density at radius 1 is 1.14 bits per heavy atom. The van der Waals surface area contributed by atoms with Gasteiger partial charge in [-0.1, -0.05) is 30.3 Å². The van der Waals surface area contributed by atoms with Crippen molar-refractivity contribution in [2.45, 2.75) is 24.3 Å². The van der Waals surface area contributed by atoms with Crippen LogP contribution in [-0.2, 0) is 10.0 Å². The van der Waals surface area contributed by atoms with Crippen molar-refractivity contribution in [3.8, 4) is 5.75 Å². The topological polar surface area (TPSA) is 76.6 Å². The van der Waals surface area contributed by atoms with Crippen molar-refractivity contribution < 1.29 is 17.9 Å². The number of carbonyl (C=O) groups is 1. The van der Waals surface area contributed by atoms with Gasteiger partial charge in [0.25, 0.3) is 0 Å². The van der Waals surface area contributed by atoms with Crippen LogP contribution in [0.2, 0.25) is 0 Å². The van der Waals surface area contributed by atoms with Gasteiger partial charge in [0.15, 0.2) is 5.78 Å². The van der Waals surface area contributed by atoms with E-state index in [-0.39, 0.29) is 23.3 Å². The predicted octanol–water partition coefficient (Wildman–Crippen LogP) is 3.28. The first-order valence-electron chi connectivity index (χ1n) is 9.07. The molecule has 2 heterocycles. The molecule has 1 aliphatic rings. The Morgan fingerprint density at radius 3 is 2.75 bits per heavy atom. The molecule has 0 amide bonds. The van der Waals surface area contributed by atoms with Gasteiger partial charge in [-0.25, -0.2) is 8.42 Å². The summed E-state index contributed by atoms with van der Waals surface area (Å²) < 4.78 is 33.4. The number of carbonyl (C=O) groups excluding carboxylic acids is 1. The van der Waals surface area contributed by atoms with Crippen LogP contribution in [0.1, 0.15) is 23.7 Å². The monoisotopic (exact) mass is 396 g/mol. The number of hydrogen-bond donors (Lipinski definition) is 0. The largest absolute Gasteiger partial charge is 0.487 e. The first-order chi connectivity index (χ1) is 13.4. The van der Waals surface area contributed by atoms with E-state index in [2.05, 4.69) is 4.98 Å². The average molecular weight is 396 g/mol. The van der Waals surface area contributed by atoms with Crippen LogP contribution >= 0.6 is 0 Å². The van der Waals surface area contributed by atoms with Crippen LogP contribution in [0.15, 0.2) is 65.7 Å². The molecule has 1 aliphatic heterocycles. The number of sulfonamides is 1. The van der Waals surface area contributed by atoms with Gasteiger partial charge in [-0.05, 0) is 37.6 Å². The number of nitrogens with zero attached hydrogens (tertiary/aromatic N) is 2. The number of rotatable bonds is 5. The van der Waals surface area contributed by atoms with Crippen LogP contribution in [-0.4, -0.2) is 42.7 Å². The Labute approximate surface area is 163 Å². The van der Waals surface area contributed by atoms with Gasteiger partial charge in [-0.2, -0.15) is 4.31 Å². The van der Waals surface area contributed by atoms with Crippen molar-refractivity contribution in [1.29, 1.82) is 0 Å². The number of Topliss-reactive ketones (excluding diaryl/α,β-unsaturated/α-hetero) is 1. The van der Waals surface area contributed by atoms with Crippen LogP contribution < -0.4 is 4.74 Å². The maximum absolute atomic E-state index is 13.0. The van der Waals surface area contributed by atoms with E-state index in [1.165, 1.54) is 23.4 Å². The fourth-order valence-electron chi connectivity index (χ4n) is 3.39. The molecule has 0 unspecified atom stereocenters. The van der Waals surface area contributed by atoms with E-state index >= 15 is 0 Å². The lowest BCUT2D eigenvalue weighted by Gasteiger charge is -2.18. The third-order valence-electron chi connectivity index (χ3n) is 4.88. The molecule has 1 fully saturated rings. The molecule has 1 aromatic heterocycles. The number of hydrogen-bond acceptors (Lipinski definition) is 5. The number of aromatic nitrogens is 1. The Bertz CT molecular complexity index is 1140. The molecular formula is C21H20N2O4S. The fraction of sp³-hybridized carbons (Fsp3) is 0.238. The Kier molecular flexibility index (Phi) is 4.87. The van der Waals surface area contributed by atoms with Gasteiger partial charge in [-0.15, -0.1) is 0 Å². The van der Waals surface area contributed by atoms with E-state index in [4.69, 9.17) is 4.74 Å². The van der Waals surface area contributed by atoms with Crippen molar-refractivity contribution in [3.63, 3.8) is 0 Å². The second-order valence-corrected chi connectivity index (χ2v) is 8.74. The number of para-hydroxylation sites is 1. The van der Waals surface area contributed by atoms with Gasteiger partial charge in [0, 0.05) is 23.7 Å². The molecule has 4 rings (SSSR count). The Hall–Kier alpha value is -2.77. The second-order valence-electron chi connectivity index (χ2n) is 6.81. The van der Waals surface area contributed by atoms with Crippen LogP contribution in [0.25, 0.3) is 10.9 Å². The first kappa shape index (κ1) is 18.6. The zero-order valence-electron chi connectivity index (χ0n) is 15.4. The highest BCUT2D eigenvalue weighted by Crippen LogP contribution is 2.28. The zero-order valence-corrected chi connectivity index (χ0v) is 16.2. The van der Waals surface area contributed by atoms with E-state index in [0.29, 0.717) is 24.3 Å². The minimum absolute atomic E-state index is 0.132. The molecule has 0 N–H and O–H groups in total. The summed E-state index contributed by atoms with van der Waals surface area (Å²) in [6, 6.07) is 15.7. The third kappa shape index (κ3) is 3.50. The molecule has 2 aromatic carbocycles. The quantitative estimate of drug-likeness (QED) is 0.619. The molecule has 0 aliphatic carbocycles. The summed E-state index contributed by atoms with van der Waals surface area (Å²) in [5.41, 5.74) is 1.15. The van der Waals surface area contributed by atoms with Crippen LogP contribution in [0, 0.1) is 0 Å². The van der Waals surface area contributed by atoms with Gasteiger partial charge in [0.05, 0.1) is 11.4 Å². The summed E-state index contributed by atoms with van der Waals surface area (Å²) in [7, 11) is -3.68. The molecule has 0 spiro atoms. The van der Waals surface area contributed by atoms with E-state index in [1.54, 1.807) is 18.3 Å². The first-order valence-corrected chi connectivity index (χ1v) is 10.5. The number of ketones is 1. The van der Waals surface area contributed by atoms with Gasteiger partial charge < -0.3 is 4.74 Å². The number of fused-ring (bicyclic) bond motifs is 1.